The van der Waals surface area contributed by atoms with E-state index in [2.05, 4.69) is 78.9 Å². The van der Waals surface area contributed by atoms with Crippen LogP contribution >= 0.6 is 0 Å². The van der Waals surface area contributed by atoms with Crippen molar-refractivity contribution in [3.63, 3.8) is 0 Å². The average Bonchev–Trinajstić information content (AvgIpc) is 3.14. The molecule has 0 fully saturated rings. The van der Waals surface area contributed by atoms with Crippen LogP contribution in [0.15, 0.2) is 42.5 Å². The van der Waals surface area contributed by atoms with Crippen LogP contribution < -0.4 is 15.4 Å². The molecule has 166 valence electrons. The third kappa shape index (κ3) is 5.50. The number of aromatic amines is 1. The minimum Gasteiger partial charge on any atom is -0.494 e. The highest BCUT2D eigenvalue weighted by Crippen LogP contribution is 2.34. The molecule has 0 amide bonds. The maximum absolute atomic E-state index is 5.98. The number of unbranched alkanes of at least 4 members (excludes halogenated alkanes) is 3. The predicted molar refractivity (Wildman–Crippen MR) is 130 cm³/mol. The van der Waals surface area contributed by atoms with Crippen LogP contribution in [-0.2, 0) is 6.42 Å². The molecular formula is C27H37N3O. The van der Waals surface area contributed by atoms with E-state index in [1.54, 1.807) is 0 Å². The van der Waals surface area contributed by atoms with Gasteiger partial charge in [0.05, 0.1) is 12.6 Å². The number of nitrogens with one attached hydrogen (secondary N) is 3. The Bertz CT molecular complexity index is 974. The summed E-state index contributed by atoms with van der Waals surface area (Å²) in [4.78, 5) is 3.68. The van der Waals surface area contributed by atoms with Crippen molar-refractivity contribution in [3.05, 3.63) is 64.8 Å². The Kier molecular flexibility index (Phi) is 7.31. The van der Waals surface area contributed by atoms with Crippen molar-refractivity contribution in [2.24, 2.45) is 0 Å². The van der Waals surface area contributed by atoms with Gasteiger partial charge >= 0.3 is 0 Å². The number of aryl methyl sites for hydroxylation is 1. The Morgan fingerprint density at radius 2 is 1.84 bits per heavy atom. The van der Waals surface area contributed by atoms with Crippen LogP contribution in [0.5, 0.6) is 5.75 Å². The monoisotopic (exact) mass is 419 g/mol. The molecule has 2 heterocycles. The first kappa shape index (κ1) is 21.9. The highest BCUT2D eigenvalue weighted by molar-refractivity contribution is 5.86. The molecule has 0 radical (unpaired) electrons. The summed E-state index contributed by atoms with van der Waals surface area (Å²) < 4.78 is 5.98. The molecule has 1 aromatic heterocycles. The molecule has 0 spiro atoms. The van der Waals surface area contributed by atoms with Crippen molar-refractivity contribution in [2.75, 3.05) is 19.7 Å². The van der Waals surface area contributed by atoms with Gasteiger partial charge in [-0.2, -0.15) is 0 Å². The van der Waals surface area contributed by atoms with Crippen LogP contribution in [0.3, 0.4) is 0 Å². The second kappa shape index (κ2) is 10.3. The van der Waals surface area contributed by atoms with Crippen LogP contribution in [-0.4, -0.2) is 30.7 Å². The Morgan fingerprint density at radius 1 is 1.03 bits per heavy atom. The van der Waals surface area contributed by atoms with Gasteiger partial charge in [-0.1, -0.05) is 50.5 Å². The number of fused-ring (bicyclic) bond motifs is 3. The van der Waals surface area contributed by atoms with Gasteiger partial charge in [-0.25, -0.2) is 0 Å². The fourth-order valence-electron chi connectivity index (χ4n) is 4.54. The van der Waals surface area contributed by atoms with E-state index < -0.39 is 0 Å². The molecule has 0 bridgehead atoms. The number of ether oxygens (including phenoxy) is 1. The van der Waals surface area contributed by atoms with Gasteiger partial charge in [0.25, 0.3) is 0 Å². The number of rotatable bonds is 10. The third-order valence-corrected chi connectivity index (χ3v) is 6.21. The summed E-state index contributed by atoms with van der Waals surface area (Å²) in [5.41, 5.74) is 6.62. The molecule has 0 saturated heterocycles. The second-order valence-corrected chi connectivity index (χ2v) is 9.14. The fourth-order valence-corrected chi connectivity index (χ4v) is 4.54. The molecule has 0 saturated carbocycles. The minimum atomic E-state index is 0.213. The summed E-state index contributed by atoms with van der Waals surface area (Å²) in [5, 5.41) is 8.54. The van der Waals surface area contributed by atoms with E-state index in [1.807, 2.05) is 0 Å². The van der Waals surface area contributed by atoms with E-state index in [1.165, 1.54) is 52.5 Å². The highest BCUT2D eigenvalue weighted by Gasteiger charge is 2.25. The first-order valence-corrected chi connectivity index (χ1v) is 11.9. The quantitative estimate of drug-likeness (QED) is 0.372. The van der Waals surface area contributed by atoms with E-state index in [0.717, 1.165) is 38.3 Å². The van der Waals surface area contributed by atoms with E-state index in [4.69, 9.17) is 4.74 Å². The largest absolute Gasteiger partial charge is 0.494 e. The molecule has 4 heteroatoms. The lowest BCUT2D eigenvalue weighted by Crippen LogP contribution is -2.30. The molecule has 4 rings (SSSR count). The molecule has 1 aliphatic heterocycles. The predicted octanol–water partition coefficient (Wildman–Crippen LogP) is 5.65. The van der Waals surface area contributed by atoms with Gasteiger partial charge in [-0.3, -0.25) is 0 Å². The molecule has 1 aliphatic rings. The van der Waals surface area contributed by atoms with Crippen LogP contribution in [0.25, 0.3) is 10.9 Å². The highest BCUT2D eigenvalue weighted by atomic mass is 16.5. The number of H-pyrrole nitrogens is 1. The first-order valence-electron chi connectivity index (χ1n) is 11.9. The third-order valence-electron chi connectivity index (χ3n) is 6.21. The van der Waals surface area contributed by atoms with Crippen LogP contribution in [0.2, 0.25) is 0 Å². The van der Waals surface area contributed by atoms with Gasteiger partial charge in [-0.05, 0) is 68.1 Å². The molecule has 1 unspecified atom stereocenters. The lowest BCUT2D eigenvalue weighted by atomic mass is 9.94. The summed E-state index contributed by atoms with van der Waals surface area (Å²) >= 11 is 0. The topological polar surface area (TPSA) is 49.1 Å². The molecule has 3 aromatic rings. The molecule has 1 atom stereocenters. The Morgan fingerprint density at radius 3 is 2.65 bits per heavy atom. The van der Waals surface area contributed by atoms with Gasteiger partial charge in [0.2, 0.25) is 0 Å². The van der Waals surface area contributed by atoms with Crippen molar-refractivity contribution in [2.45, 2.75) is 65.0 Å². The number of aromatic nitrogens is 1. The average molecular weight is 420 g/mol. The second-order valence-electron chi connectivity index (χ2n) is 9.14. The van der Waals surface area contributed by atoms with Gasteiger partial charge in [0, 0.05) is 29.2 Å². The van der Waals surface area contributed by atoms with E-state index in [0.29, 0.717) is 6.04 Å². The Labute approximate surface area is 186 Å². The maximum atomic E-state index is 5.98. The lowest BCUT2D eigenvalue weighted by Gasteiger charge is -2.25. The summed E-state index contributed by atoms with van der Waals surface area (Å²) in [6.07, 6.45) is 5.93. The maximum Gasteiger partial charge on any atom is 0.119 e. The van der Waals surface area contributed by atoms with Crippen molar-refractivity contribution < 1.29 is 4.74 Å². The summed E-state index contributed by atoms with van der Waals surface area (Å²) in [6, 6.07) is 16.1. The Hall–Kier alpha value is -2.30. The minimum absolute atomic E-state index is 0.213. The van der Waals surface area contributed by atoms with Gasteiger partial charge in [-0.15, -0.1) is 0 Å². The van der Waals surface area contributed by atoms with Crippen LogP contribution in [0.4, 0.5) is 0 Å². The van der Waals surface area contributed by atoms with Gasteiger partial charge in [0.1, 0.15) is 5.75 Å². The smallest absolute Gasteiger partial charge is 0.119 e. The lowest BCUT2D eigenvalue weighted by molar-refractivity contribution is 0.304. The first-order chi connectivity index (χ1) is 15.1. The van der Waals surface area contributed by atoms with E-state index in [9.17, 15) is 0 Å². The Balaban J connectivity index is 1.31. The number of hydrogen-bond donors (Lipinski definition) is 3. The molecule has 3 N–H and O–H groups in total. The summed E-state index contributed by atoms with van der Waals surface area (Å²) in [5.74, 6) is 0.966. The number of hydrogen-bond acceptors (Lipinski definition) is 3. The van der Waals surface area contributed by atoms with Crippen molar-refractivity contribution >= 4 is 10.9 Å². The normalized spacial score (nSPS) is 16.1. The van der Waals surface area contributed by atoms with Crippen molar-refractivity contribution in [1.29, 1.82) is 0 Å². The fraction of sp³-hybridized carbons (Fsp3) is 0.481. The van der Waals surface area contributed by atoms with E-state index >= 15 is 0 Å². The zero-order valence-corrected chi connectivity index (χ0v) is 19.3. The molecule has 31 heavy (non-hydrogen) atoms. The summed E-state index contributed by atoms with van der Waals surface area (Å²) in [7, 11) is 0. The molecule has 0 aliphatic carbocycles. The summed E-state index contributed by atoms with van der Waals surface area (Å²) in [6.45, 7) is 9.48. The molecule has 4 nitrogen and oxygen atoms in total. The number of benzene rings is 2. The standard InChI is InChI=1S/C27H37N3O/c1-19(2)28-15-6-4-5-7-17-31-22-11-9-21(10-12-22)26-27-23(14-16-29-26)24-18-20(3)8-13-25(24)30-27/h8-13,18-19,26,28-30H,4-7,14-17H2,1-3H3. The van der Waals surface area contributed by atoms with Gasteiger partial charge in [0.15, 0.2) is 0 Å². The van der Waals surface area contributed by atoms with Gasteiger partial charge < -0.3 is 20.4 Å². The van der Waals surface area contributed by atoms with Crippen LogP contribution in [0, 0.1) is 6.92 Å². The SMILES string of the molecule is Cc1ccc2[nH]c3c(c2c1)CCNC3c1ccc(OCCCCCCNC(C)C)cc1. The molecular weight excluding hydrogens is 382 g/mol. The van der Waals surface area contributed by atoms with Crippen molar-refractivity contribution in [3.8, 4) is 5.75 Å². The zero-order valence-electron chi connectivity index (χ0n) is 19.3. The van der Waals surface area contributed by atoms with Crippen molar-refractivity contribution in [1.82, 2.24) is 15.6 Å². The zero-order chi connectivity index (χ0) is 21.6. The van der Waals surface area contributed by atoms with Crippen LogP contribution in [0.1, 0.15) is 68.0 Å². The van der Waals surface area contributed by atoms with E-state index in [-0.39, 0.29) is 6.04 Å². The molecule has 2 aromatic carbocycles.